The van der Waals surface area contributed by atoms with Gasteiger partial charge in [0.05, 0.1) is 0 Å². The van der Waals surface area contributed by atoms with Gasteiger partial charge in [-0.2, -0.15) is 13.2 Å². The van der Waals surface area contributed by atoms with Crippen LogP contribution >= 0.6 is 0 Å². The van der Waals surface area contributed by atoms with E-state index in [1.54, 1.807) is 18.2 Å². The molecule has 0 aromatic heterocycles. The predicted octanol–water partition coefficient (Wildman–Crippen LogP) is 6.19. The standard InChI is InChI=1S/C25H28F3NO4/c1-5-6-12-32-22-15-18(2)23(19(3)16-22)33-14-8-7-13-31-21-11-9-10-20(17-21)24(29-30-4)25(26,27)28/h5-11,15-17H,12-14H2,1-4H3/b6-5+,8-7+,29-24-. The van der Waals surface area contributed by atoms with Crippen LogP contribution in [-0.4, -0.2) is 38.8 Å². The number of oxime groups is 1. The first-order valence-electron chi connectivity index (χ1n) is 10.3. The van der Waals surface area contributed by atoms with Gasteiger partial charge in [0.15, 0.2) is 5.71 Å². The molecular formula is C25H28F3NO4. The summed E-state index contributed by atoms with van der Waals surface area (Å²) in [4.78, 5) is 4.32. The zero-order valence-corrected chi connectivity index (χ0v) is 19.1. The Kier molecular flexibility index (Phi) is 9.84. The quantitative estimate of drug-likeness (QED) is 0.227. The van der Waals surface area contributed by atoms with Gasteiger partial charge < -0.3 is 19.0 Å². The van der Waals surface area contributed by atoms with Crippen molar-refractivity contribution in [2.45, 2.75) is 26.9 Å². The lowest BCUT2D eigenvalue weighted by Crippen LogP contribution is -2.24. The van der Waals surface area contributed by atoms with Crippen molar-refractivity contribution in [3.05, 3.63) is 77.4 Å². The summed E-state index contributed by atoms with van der Waals surface area (Å²) in [5.74, 6) is 1.85. The van der Waals surface area contributed by atoms with Crippen LogP contribution in [0.2, 0.25) is 0 Å². The molecule has 0 N–H and O–H groups in total. The fourth-order valence-electron chi connectivity index (χ4n) is 2.97. The Hall–Kier alpha value is -3.42. The van der Waals surface area contributed by atoms with Crippen molar-refractivity contribution < 1.29 is 32.2 Å². The smallest absolute Gasteiger partial charge is 0.437 e. The first-order chi connectivity index (χ1) is 15.8. The van der Waals surface area contributed by atoms with E-state index >= 15 is 0 Å². The van der Waals surface area contributed by atoms with Crippen molar-refractivity contribution in [3.8, 4) is 17.2 Å². The van der Waals surface area contributed by atoms with Gasteiger partial charge in [-0.1, -0.05) is 29.4 Å². The van der Waals surface area contributed by atoms with Crippen molar-refractivity contribution in [2.24, 2.45) is 5.16 Å². The molecule has 5 nitrogen and oxygen atoms in total. The number of benzene rings is 2. The van der Waals surface area contributed by atoms with Crippen molar-refractivity contribution in [1.29, 1.82) is 0 Å². The topological polar surface area (TPSA) is 49.3 Å². The molecule has 0 saturated heterocycles. The summed E-state index contributed by atoms with van der Waals surface area (Å²) in [5, 5.41) is 3.09. The summed E-state index contributed by atoms with van der Waals surface area (Å²) in [6.07, 6.45) is 2.74. The van der Waals surface area contributed by atoms with E-state index in [1.165, 1.54) is 18.2 Å². The molecule has 2 aromatic rings. The van der Waals surface area contributed by atoms with E-state index in [2.05, 4.69) is 9.99 Å². The molecule has 8 heteroatoms. The number of ether oxygens (including phenoxy) is 3. The van der Waals surface area contributed by atoms with Crippen LogP contribution in [0.5, 0.6) is 17.2 Å². The average Bonchev–Trinajstić information content (AvgIpc) is 2.75. The number of aryl methyl sites for hydroxylation is 2. The summed E-state index contributed by atoms with van der Waals surface area (Å²) in [6.45, 7) is 6.85. The van der Waals surface area contributed by atoms with Gasteiger partial charge in [0.2, 0.25) is 0 Å². The van der Waals surface area contributed by atoms with E-state index in [0.717, 1.165) is 29.7 Å². The molecule has 0 aliphatic heterocycles. The minimum atomic E-state index is -4.64. The molecule has 2 aromatic carbocycles. The molecule has 0 aliphatic carbocycles. The second-order valence-electron chi connectivity index (χ2n) is 7.01. The summed E-state index contributed by atoms with van der Waals surface area (Å²) < 4.78 is 56.4. The lowest BCUT2D eigenvalue weighted by atomic mass is 10.1. The first-order valence-corrected chi connectivity index (χ1v) is 10.3. The van der Waals surface area contributed by atoms with Crippen LogP contribution in [0.25, 0.3) is 0 Å². The molecular weight excluding hydrogens is 435 g/mol. The fourth-order valence-corrected chi connectivity index (χ4v) is 2.97. The van der Waals surface area contributed by atoms with Gasteiger partial charge in [-0.15, -0.1) is 0 Å². The Balaban J connectivity index is 1.90. The number of allylic oxidation sites excluding steroid dienone is 1. The minimum absolute atomic E-state index is 0.141. The largest absolute Gasteiger partial charge is 0.490 e. The second-order valence-corrected chi connectivity index (χ2v) is 7.01. The molecule has 0 saturated carbocycles. The van der Waals surface area contributed by atoms with Crippen LogP contribution in [-0.2, 0) is 4.84 Å². The molecule has 33 heavy (non-hydrogen) atoms. The third-order valence-corrected chi connectivity index (χ3v) is 4.41. The van der Waals surface area contributed by atoms with Gasteiger partial charge in [0, 0.05) is 5.56 Å². The summed E-state index contributed by atoms with van der Waals surface area (Å²) in [7, 11) is 1.06. The molecule has 178 valence electrons. The number of hydrogen-bond acceptors (Lipinski definition) is 5. The van der Waals surface area contributed by atoms with Crippen LogP contribution in [0.15, 0.2) is 65.9 Å². The highest BCUT2D eigenvalue weighted by atomic mass is 19.4. The monoisotopic (exact) mass is 463 g/mol. The van der Waals surface area contributed by atoms with Gasteiger partial charge in [-0.25, -0.2) is 0 Å². The van der Waals surface area contributed by atoms with Gasteiger partial charge in [-0.3, -0.25) is 0 Å². The van der Waals surface area contributed by atoms with E-state index in [0.29, 0.717) is 13.2 Å². The van der Waals surface area contributed by atoms with Crippen molar-refractivity contribution in [1.82, 2.24) is 0 Å². The molecule has 0 radical (unpaired) electrons. The summed E-state index contributed by atoms with van der Waals surface area (Å²) >= 11 is 0. The second kappa shape index (κ2) is 12.6. The van der Waals surface area contributed by atoms with E-state index in [4.69, 9.17) is 14.2 Å². The number of alkyl halides is 3. The highest BCUT2D eigenvalue weighted by Crippen LogP contribution is 2.28. The molecule has 0 unspecified atom stereocenters. The molecule has 0 heterocycles. The molecule has 0 spiro atoms. The third-order valence-electron chi connectivity index (χ3n) is 4.41. The number of hydrogen-bond donors (Lipinski definition) is 0. The number of rotatable bonds is 11. The molecule has 0 bridgehead atoms. The van der Waals surface area contributed by atoms with Gasteiger partial charge >= 0.3 is 6.18 Å². The normalized spacial score (nSPS) is 12.4. The predicted molar refractivity (Wildman–Crippen MR) is 122 cm³/mol. The van der Waals surface area contributed by atoms with Crippen molar-refractivity contribution >= 4 is 5.71 Å². The van der Waals surface area contributed by atoms with E-state index in [-0.39, 0.29) is 17.9 Å². The average molecular weight is 463 g/mol. The highest BCUT2D eigenvalue weighted by Gasteiger charge is 2.38. The lowest BCUT2D eigenvalue weighted by Gasteiger charge is -2.13. The van der Waals surface area contributed by atoms with Gasteiger partial charge in [-0.05, 0) is 68.3 Å². The summed E-state index contributed by atoms with van der Waals surface area (Å²) in [5.41, 5.74) is 0.664. The van der Waals surface area contributed by atoms with Gasteiger partial charge in [0.25, 0.3) is 0 Å². The highest BCUT2D eigenvalue weighted by molar-refractivity contribution is 6.04. The van der Waals surface area contributed by atoms with Crippen molar-refractivity contribution in [2.75, 3.05) is 26.9 Å². The Morgan fingerprint density at radius 2 is 1.48 bits per heavy atom. The zero-order valence-electron chi connectivity index (χ0n) is 19.1. The van der Waals surface area contributed by atoms with Gasteiger partial charge in [0.1, 0.15) is 44.2 Å². The molecule has 0 fully saturated rings. The number of nitrogens with zero attached hydrogens (tertiary/aromatic N) is 1. The van der Waals surface area contributed by atoms with Crippen LogP contribution in [0, 0.1) is 13.8 Å². The van der Waals surface area contributed by atoms with Crippen molar-refractivity contribution in [3.63, 3.8) is 0 Å². The van der Waals surface area contributed by atoms with Crippen LogP contribution in [0.1, 0.15) is 23.6 Å². The maximum Gasteiger partial charge on any atom is 0.437 e. The lowest BCUT2D eigenvalue weighted by molar-refractivity contribution is -0.0608. The molecule has 2 rings (SSSR count). The molecule has 0 atom stereocenters. The van der Waals surface area contributed by atoms with Crippen LogP contribution < -0.4 is 14.2 Å². The first kappa shape index (κ1) is 25.8. The Labute approximate surface area is 192 Å². The van der Waals surface area contributed by atoms with E-state index in [1.807, 2.05) is 45.1 Å². The third kappa shape index (κ3) is 8.21. The van der Waals surface area contributed by atoms with E-state index < -0.39 is 11.9 Å². The minimum Gasteiger partial charge on any atom is -0.490 e. The fraction of sp³-hybridized carbons (Fsp3) is 0.320. The molecule has 0 amide bonds. The zero-order chi connectivity index (χ0) is 24.3. The Morgan fingerprint density at radius 1 is 0.879 bits per heavy atom. The summed E-state index contributed by atoms with van der Waals surface area (Å²) in [6, 6.07) is 9.44. The number of halogens is 3. The maximum atomic E-state index is 13.1. The van der Waals surface area contributed by atoms with Crippen LogP contribution in [0.4, 0.5) is 13.2 Å². The maximum absolute atomic E-state index is 13.1. The van der Waals surface area contributed by atoms with E-state index in [9.17, 15) is 13.2 Å². The Morgan fingerprint density at radius 3 is 2.09 bits per heavy atom. The Bertz CT molecular complexity index is 974. The SMILES string of the molecule is C/C=C/COc1cc(C)c(OC/C=C/COc2cccc(/C(=N/OC)C(F)(F)F)c2)c(C)c1. The molecule has 0 aliphatic rings. The van der Waals surface area contributed by atoms with Crippen LogP contribution in [0.3, 0.4) is 0 Å².